The highest BCUT2D eigenvalue weighted by atomic mass is 32.1. The van der Waals surface area contributed by atoms with Crippen molar-refractivity contribution in [2.45, 2.75) is 72.4 Å². The van der Waals surface area contributed by atoms with Gasteiger partial charge >= 0.3 is 5.69 Å². The van der Waals surface area contributed by atoms with Gasteiger partial charge in [0.2, 0.25) is 5.91 Å². The molecule has 1 unspecified atom stereocenters. The molecule has 2 atom stereocenters. The first-order valence-electron chi connectivity index (χ1n) is 12.9. The van der Waals surface area contributed by atoms with E-state index in [0.717, 1.165) is 4.57 Å². The van der Waals surface area contributed by atoms with E-state index in [-0.39, 0.29) is 24.1 Å². The molecule has 1 aromatic carbocycles. The minimum absolute atomic E-state index is 0.0715. The maximum Gasteiger partial charge on any atom is 0.332 e. The molecule has 0 fully saturated rings. The van der Waals surface area contributed by atoms with Crippen LogP contribution in [0.3, 0.4) is 0 Å². The van der Waals surface area contributed by atoms with Gasteiger partial charge in [-0.2, -0.15) is 0 Å². The minimum Gasteiger partial charge on any atom is -0.496 e. The first-order valence-corrected chi connectivity index (χ1v) is 13.8. The minimum atomic E-state index is -1.09. The number of carbonyl (C=O) groups is 1. The number of ether oxygens (including phenoxy) is 2. The van der Waals surface area contributed by atoms with Gasteiger partial charge in [0, 0.05) is 23.2 Å². The Hall–Kier alpha value is -3.77. The third-order valence-electron chi connectivity index (χ3n) is 6.19. The number of fused-ring (bicyclic) bond motifs is 1. The number of rotatable bonds is 11. The second-order valence-corrected chi connectivity index (χ2v) is 10.9. The number of carbonyl (C=O) groups excluding carboxylic acids is 1. The second kappa shape index (κ2) is 13.1. The first-order chi connectivity index (χ1) is 18.9. The fourth-order valence-electron chi connectivity index (χ4n) is 4.37. The molecule has 0 aliphatic carbocycles. The summed E-state index contributed by atoms with van der Waals surface area (Å²) in [6.07, 6.45) is 3.46. The van der Waals surface area contributed by atoms with Gasteiger partial charge in [-0.25, -0.2) is 18.7 Å². The van der Waals surface area contributed by atoms with Crippen LogP contribution in [0.4, 0.5) is 9.39 Å². The summed E-state index contributed by atoms with van der Waals surface area (Å²) in [4.78, 5) is 44.2. The summed E-state index contributed by atoms with van der Waals surface area (Å²) in [7, 11) is 1.47. The molecule has 0 bridgehead atoms. The average Bonchev–Trinajstić information content (AvgIpc) is 3.21. The van der Waals surface area contributed by atoms with Crippen molar-refractivity contribution >= 4 is 38.7 Å². The number of hydrogen-bond acceptors (Lipinski definition) is 7. The molecule has 3 aromatic rings. The van der Waals surface area contributed by atoms with E-state index in [9.17, 15) is 18.8 Å². The zero-order chi connectivity index (χ0) is 29.7. The number of amides is 1. The van der Waals surface area contributed by atoms with Crippen molar-refractivity contribution in [3.05, 3.63) is 68.3 Å². The Balaban J connectivity index is 2.35. The van der Waals surface area contributed by atoms with E-state index in [1.54, 1.807) is 33.1 Å². The molecule has 2 aromatic heterocycles. The number of hydrogen-bond donors (Lipinski definition) is 3. The molecule has 216 valence electrons. The third kappa shape index (κ3) is 6.50. The number of allylic oxidation sites excluding steroid dienone is 1. The van der Waals surface area contributed by atoms with Crippen molar-refractivity contribution in [2.75, 3.05) is 7.11 Å². The van der Waals surface area contributed by atoms with E-state index in [1.807, 2.05) is 13.8 Å². The van der Waals surface area contributed by atoms with Crippen molar-refractivity contribution in [3.8, 4) is 5.75 Å². The molecule has 3 rings (SSSR count). The molecule has 12 heteroatoms. The van der Waals surface area contributed by atoms with Crippen LogP contribution in [0.2, 0.25) is 0 Å². The summed E-state index contributed by atoms with van der Waals surface area (Å²) in [6.45, 7) is 10.4. The van der Waals surface area contributed by atoms with Crippen LogP contribution in [0, 0.1) is 12.7 Å². The van der Waals surface area contributed by atoms with Gasteiger partial charge in [0.25, 0.3) is 10.6 Å². The number of nitrogens with two attached hydrogens (primary N) is 1. The Bertz CT molecular complexity index is 1550. The number of halogens is 1. The lowest BCUT2D eigenvalue weighted by Gasteiger charge is -2.25. The number of methoxy groups -OCH3 is 1. The van der Waals surface area contributed by atoms with Gasteiger partial charge < -0.3 is 20.5 Å². The summed E-state index contributed by atoms with van der Waals surface area (Å²) < 4.78 is 28.4. The van der Waals surface area contributed by atoms with Crippen LogP contribution in [0.5, 0.6) is 5.75 Å². The van der Waals surface area contributed by atoms with Crippen molar-refractivity contribution in [3.63, 3.8) is 0 Å². The number of nitrogens with one attached hydrogen (secondary N) is 2. The van der Waals surface area contributed by atoms with Crippen LogP contribution in [0.1, 0.15) is 57.9 Å². The molecule has 0 aliphatic heterocycles. The van der Waals surface area contributed by atoms with E-state index in [2.05, 4.69) is 10.3 Å². The van der Waals surface area contributed by atoms with Gasteiger partial charge in [-0.3, -0.25) is 14.2 Å². The summed E-state index contributed by atoms with van der Waals surface area (Å²) >= 11 is 1.21. The highest BCUT2D eigenvalue weighted by molar-refractivity contribution is 7.21. The number of aryl methyl sites for hydroxylation is 1. The molecular weight excluding hydrogens is 537 g/mol. The second-order valence-electron chi connectivity index (χ2n) is 9.90. The normalized spacial score (nSPS) is 13.7. The smallest absolute Gasteiger partial charge is 0.332 e. The third-order valence-corrected chi connectivity index (χ3v) is 7.43. The molecule has 40 heavy (non-hydrogen) atoms. The van der Waals surface area contributed by atoms with E-state index in [4.69, 9.17) is 15.2 Å². The molecular formula is C28H37FN5O5S+. The fraction of sp³-hybridized carbons (Fsp3) is 0.429. The molecule has 1 amide bonds. The van der Waals surface area contributed by atoms with Gasteiger partial charge in [-0.1, -0.05) is 0 Å². The van der Waals surface area contributed by atoms with Crippen molar-refractivity contribution < 1.29 is 23.7 Å². The Morgan fingerprint density at radius 3 is 2.52 bits per heavy atom. The maximum atomic E-state index is 14.4. The topological polar surface area (TPSA) is 132 Å². The maximum absolute atomic E-state index is 14.4. The van der Waals surface area contributed by atoms with Crippen LogP contribution < -0.4 is 32.0 Å². The summed E-state index contributed by atoms with van der Waals surface area (Å²) in [6, 6.07) is 2.81. The molecule has 0 aliphatic rings. The lowest BCUT2D eigenvalue weighted by atomic mass is 10.1. The Kier molecular flexibility index (Phi) is 10.0. The van der Waals surface area contributed by atoms with Gasteiger partial charge in [0.15, 0.2) is 6.21 Å². The van der Waals surface area contributed by atoms with Crippen LogP contribution in [-0.4, -0.2) is 40.5 Å². The van der Waals surface area contributed by atoms with E-state index < -0.39 is 35.1 Å². The molecule has 4 N–H and O–H groups in total. The molecule has 10 nitrogen and oxygen atoms in total. The molecule has 0 spiro atoms. The Labute approximate surface area is 235 Å². The predicted octanol–water partition coefficient (Wildman–Crippen LogP) is 2.19. The number of benzene rings is 1. The quantitative estimate of drug-likeness (QED) is 0.301. The number of aromatic nitrogens is 2. The zero-order valence-corrected chi connectivity index (χ0v) is 24.6. The molecule has 0 saturated heterocycles. The average molecular weight is 575 g/mol. The first kappa shape index (κ1) is 30.8. The standard InChI is InChI=1S/C28H36FN5O5S/c1-15(2)32-24(35)18(6)34-26(36)23-17(5)25(31-12-8-11-30)40-27(23)33(28(34)37)14-22(39-16(3)4)20-13-19(29)9-10-21(20)38-7/h8-13,15-16,18,22H,14,30H2,1-7H3,(H,32,35)/p+1/t18?,22-/m0/s1. The molecule has 0 radical (unpaired) electrons. The zero-order valence-electron chi connectivity index (χ0n) is 23.8. The Morgan fingerprint density at radius 1 is 1.23 bits per heavy atom. The predicted molar refractivity (Wildman–Crippen MR) is 155 cm³/mol. The summed E-state index contributed by atoms with van der Waals surface area (Å²) in [5, 5.41) is 3.68. The summed E-state index contributed by atoms with van der Waals surface area (Å²) in [5.74, 6) is -0.562. The van der Waals surface area contributed by atoms with Gasteiger partial charge in [-0.15, -0.1) is 0 Å². The lowest BCUT2D eigenvalue weighted by Crippen LogP contribution is -2.60. The highest BCUT2D eigenvalue weighted by Gasteiger charge is 2.29. The van der Waals surface area contributed by atoms with Crippen LogP contribution in [0.25, 0.3) is 10.2 Å². The van der Waals surface area contributed by atoms with Gasteiger partial charge in [0.05, 0.1) is 25.1 Å². The fourth-order valence-corrected chi connectivity index (χ4v) is 5.55. The molecule has 0 saturated carbocycles. The van der Waals surface area contributed by atoms with Crippen molar-refractivity contribution in [1.82, 2.24) is 14.5 Å². The largest absolute Gasteiger partial charge is 0.496 e. The van der Waals surface area contributed by atoms with Crippen LogP contribution in [0.15, 0.2) is 40.1 Å². The molecule has 2 heterocycles. The lowest BCUT2D eigenvalue weighted by molar-refractivity contribution is -0.341. The Morgan fingerprint density at radius 2 is 1.93 bits per heavy atom. The SMILES string of the molecule is COc1ccc(F)cc1[C@H](Cn1c(=O)n(C(C)C(=O)NC(C)C)c(=O)c2c(C)c([NH+]=CC=CN)sc21)OC(C)C. The monoisotopic (exact) mass is 574 g/mol. The van der Waals surface area contributed by atoms with E-state index >= 15 is 0 Å². The van der Waals surface area contributed by atoms with Crippen LogP contribution in [-0.2, 0) is 16.1 Å². The number of nitrogens with zero attached hydrogens (tertiary/aromatic N) is 2. The highest BCUT2D eigenvalue weighted by Crippen LogP contribution is 2.34. The van der Waals surface area contributed by atoms with Crippen molar-refractivity contribution in [2.24, 2.45) is 5.73 Å². The van der Waals surface area contributed by atoms with Gasteiger partial charge in [0.1, 0.15) is 28.5 Å². The van der Waals surface area contributed by atoms with E-state index in [0.29, 0.717) is 26.7 Å². The summed E-state index contributed by atoms with van der Waals surface area (Å²) in [5.41, 5.74) is 5.19. The van der Waals surface area contributed by atoms with Crippen LogP contribution >= 0.6 is 11.3 Å². The van der Waals surface area contributed by atoms with E-state index in [1.165, 1.54) is 54.3 Å². The van der Waals surface area contributed by atoms with Crippen molar-refractivity contribution in [1.29, 1.82) is 0 Å². The van der Waals surface area contributed by atoms with Gasteiger partial charge in [-0.05, 0) is 77.3 Å². The number of thiophene rings is 1.